The number of ketones is 1. The van der Waals surface area contributed by atoms with Gasteiger partial charge in [0.15, 0.2) is 0 Å². The van der Waals surface area contributed by atoms with Gasteiger partial charge in [0.05, 0.1) is 19.8 Å². The Bertz CT molecular complexity index is 1240. The highest BCUT2D eigenvalue weighted by atomic mass is 16.6. The molecule has 2 amide bonds. The molecule has 0 radical (unpaired) electrons. The van der Waals surface area contributed by atoms with E-state index < -0.39 is 17.6 Å². The fourth-order valence-corrected chi connectivity index (χ4v) is 7.30. The lowest BCUT2D eigenvalue weighted by atomic mass is 9.80. The molecule has 1 aliphatic rings. The second-order valence-corrected chi connectivity index (χ2v) is 19.2. The first-order chi connectivity index (χ1) is 29.8. The largest absolute Gasteiger partial charge is 0.480 e. The predicted octanol–water partition coefficient (Wildman–Crippen LogP) is 8.79. The van der Waals surface area contributed by atoms with Crippen LogP contribution in [0.4, 0.5) is 0 Å². The number of esters is 2. The quantitative estimate of drug-likeness (QED) is 0.0349. The van der Waals surface area contributed by atoms with E-state index in [1.807, 2.05) is 20.8 Å². The van der Waals surface area contributed by atoms with E-state index in [2.05, 4.69) is 16.0 Å². The molecule has 1 rings (SSSR count). The van der Waals surface area contributed by atoms with E-state index in [1.165, 1.54) is 77.0 Å². The van der Waals surface area contributed by atoms with Crippen LogP contribution in [0.1, 0.15) is 203 Å². The highest BCUT2D eigenvalue weighted by molar-refractivity contribution is 5.79. The second kappa shape index (κ2) is 37.2. The van der Waals surface area contributed by atoms with Gasteiger partial charge in [-0.1, -0.05) is 89.9 Å². The van der Waals surface area contributed by atoms with Gasteiger partial charge in [-0.3, -0.25) is 24.0 Å². The fraction of sp³-hybridized carbons (Fsp3) is 0.878. The third kappa shape index (κ3) is 40.2. The van der Waals surface area contributed by atoms with Crippen LogP contribution < -0.4 is 16.0 Å². The van der Waals surface area contributed by atoms with Crippen LogP contribution in [0.2, 0.25) is 0 Å². The van der Waals surface area contributed by atoms with Crippen LogP contribution in [0, 0.1) is 11.8 Å². The van der Waals surface area contributed by atoms with Crippen LogP contribution in [-0.2, 0) is 47.7 Å². The lowest BCUT2D eigenvalue weighted by Gasteiger charge is -2.27. The van der Waals surface area contributed by atoms with Crippen LogP contribution in [0.25, 0.3) is 0 Å². The summed E-state index contributed by atoms with van der Waals surface area (Å²) >= 11 is 0. The Kier molecular flexibility index (Phi) is 35.3. The van der Waals surface area contributed by atoms with E-state index in [-0.39, 0.29) is 61.5 Å². The van der Waals surface area contributed by atoms with Crippen LogP contribution in [0.5, 0.6) is 0 Å². The molecule has 4 N–H and O–H groups in total. The Morgan fingerprint density at radius 1 is 0.587 bits per heavy atom. The van der Waals surface area contributed by atoms with Gasteiger partial charge in [-0.25, -0.2) is 4.79 Å². The van der Waals surface area contributed by atoms with E-state index in [0.717, 1.165) is 57.9 Å². The summed E-state index contributed by atoms with van der Waals surface area (Å²) < 4.78 is 20.6. The Hall–Kier alpha value is -3.10. The first kappa shape index (κ1) is 59.9. The summed E-state index contributed by atoms with van der Waals surface area (Å²) in [5, 5.41) is 17.0. The number of carbonyl (C=O) groups excluding carboxylic acids is 5. The van der Waals surface area contributed by atoms with Crippen molar-refractivity contribution in [2.75, 3.05) is 46.6 Å². The number of carboxylic acids is 1. The Balaban J connectivity index is 0.00000133. The molecule has 14 nitrogen and oxygen atoms in total. The topological polar surface area (TPSA) is 196 Å². The van der Waals surface area contributed by atoms with Gasteiger partial charge in [0.1, 0.15) is 29.6 Å². The minimum Gasteiger partial charge on any atom is -0.480 e. The molecule has 0 saturated heterocycles. The summed E-state index contributed by atoms with van der Waals surface area (Å²) in [6, 6.07) is -0.535. The van der Waals surface area contributed by atoms with Crippen molar-refractivity contribution in [3.63, 3.8) is 0 Å². The third-order valence-electron chi connectivity index (χ3n) is 10.8. The molecule has 63 heavy (non-hydrogen) atoms. The van der Waals surface area contributed by atoms with Gasteiger partial charge in [-0.15, -0.1) is 0 Å². The molecule has 0 spiro atoms. The summed E-state index contributed by atoms with van der Waals surface area (Å²) in [7, 11) is 1.65. The maximum Gasteiger partial charge on any atom is 0.329 e. The van der Waals surface area contributed by atoms with Crippen LogP contribution in [0.15, 0.2) is 0 Å². The molecule has 0 unspecified atom stereocenters. The number of rotatable bonds is 35. The molecule has 368 valence electrons. The molecule has 0 aliphatic heterocycles. The number of Topliss-reactive ketones (excluding diaryl/α,β-unsaturated/α-hetero) is 1. The first-order valence-electron chi connectivity index (χ1n) is 24.4. The van der Waals surface area contributed by atoms with Crippen molar-refractivity contribution in [2.24, 2.45) is 11.8 Å². The minimum absolute atomic E-state index is 0.0609. The number of hydrogen-bond donors (Lipinski definition) is 4. The summed E-state index contributed by atoms with van der Waals surface area (Å²) in [6.07, 6.45) is 26.0. The lowest BCUT2D eigenvalue weighted by Crippen LogP contribution is -2.40. The molecule has 14 heteroatoms. The lowest BCUT2D eigenvalue weighted by molar-refractivity contribution is -0.158. The van der Waals surface area contributed by atoms with Crippen molar-refractivity contribution in [1.29, 1.82) is 0 Å². The van der Waals surface area contributed by atoms with Crippen LogP contribution in [0.3, 0.4) is 0 Å². The van der Waals surface area contributed by atoms with Gasteiger partial charge in [0, 0.05) is 38.3 Å². The van der Waals surface area contributed by atoms with Crippen molar-refractivity contribution in [2.45, 2.75) is 220 Å². The maximum absolute atomic E-state index is 12.1. The third-order valence-corrected chi connectivity index (χ3v) is 10.8. The van der Waals surface area contributed by atoms with Gasteiger partial charge in [-0.05, 0) is 106 Å². The zero-order chi connectivity index (χ0) is 47.4. The molecular formula is C49H91N3O11. The standard InChI is InChI=1S/C33H61NO4.C16H30N2O7/c1-28(35)30-25-23-29(24-26-30)27-34-31(36)21-19-17-15-13-11-9-7-5-6-8-10-12-14-16-18-20-22-32(37)38-33(2,3)4;1-16(2,3)25-15(22)12(17-4)5-6-13(19)18-7-8-23-9-10-24-11-14(20)21/h29-30H,5-27H2,1-4H3,(H,34,36);12,17H,5-11H2,1-4H3,(H,18,19)(H,20,21)/t;12-/m.0/s1. The number of hydrogen-bond acceptors (Lipinski definition) is 11. The van der Waals surface area contributed by atoms with Crippen molar-refractivity contribution in [3.8, 4) is 0 Å². The number of nitrogens with one attached hydrogen (secondary N) is 3. The van der Waals surface area contributed by atoms with Gasteiger partial charge in [0.2, 0.25) is 11.8 Å². The van der Waals surface area contributed by atoms with Crippen LogP contribution in [-0.4, -0.2) is 104 Å². The Morgan fingerprint density at radius 2 is 1.05 bits per heavy atom. The first-order valence-corrected chi connectivity index (χ1v) is 24.4. The number of likely N-dealkylation sites (N-methyl/N-ethyl adjacent to an activating group) is 1. The molecule has 0 bridgehead atoms. The maximum atomic E-state index is 12.1. The highest BCUT2D eigenvalue weighted by Gasteiger charge is 2.25. The highest BCUT2D eigenvalue weighted by Crippen LogP contribution is 2.29. The Morgan fingerprint density at radius 3 is 1.51 bits per heavy atom. The molecule has 0 aromatic carbocycles. The molecule has 0 aromatic heterocycles. The molecule has 1 fully saturated rings. The van der Waals surface area contributed by atoms with Gasteiger partial charge >= 0.3 is 17.9 Å². The van der Waals surface area contributed by atoms with E-state index >= 15 is 0 Å². The second-order valence-electron chi connectivity index (χ2n) is 19.2. The van der Waals surface area contributed by atoms with Gasteiger partial charge in [0.25, 0.3) is 0 Å². The van der Waals surface area contributed by atoms with E-state index in [1.54, 1.807) is 34.7 Å². The van der Waals surface area contributed by atoms with Crippen molar-refractivity contribution in [3.05, 3.63) is 0 Å². The predicted molar refractivity (Wildman–Crippen MR) is 248 cm³/mol. The summed E-state index contributed by atoms with van der Waals surface area (Å²) in [6.45, 7) is 14.3. The molecule has 0 aromatic rings. The molecule has 1 aliphatic carbocycles. The normalized spacial score (nSPS) is 15.7. The average Bonchev–Trinajstić information content (AvgIpc) is 3.19. The average molecular weight is 898 g/mol. The number of aliphatic carboxylic acids is 1. The number of ether oxygens (including phenoxy) is 4. The zero-order valence-electron chi connectivity index (χ0n) is 41.0. The Labute approximate surface area is 381 Å². The summed E-state index contributed by atoms with van der Waals surface area (Å²) in [5.74, 6) is -0.302. The minimum atomic E-state index is -1.03. The fourth-order valence-electron chi connectivity index (χ4n) is 7.30. The summed E-state index contributed by atoms with van der Waals surface area (Å²) in [4.78, 5) is 69.1. The molecular weight excluding hydrogens is 807 g/mol. The van der Waals surface area contributed by atoms with E-state index in [9.17, 15) is 28.8 Å². The number of carboxylic acid groups (broad SMARTS) is 1. The van der Waals surface area contributed by atoms with Crippen LogP contribution >= 0.6 is 0 Å². The zero-order valence-corrected chi connectivity index (χ0v) is 41.0. The number of unbranched alkanes of at least 4 members (excludes halogenated alkanes) is 15. The van der Waals surface area contributed by atoms with Crippen molar-refractivity contribution in [1.82, 2.24) is 16.0 Å². The van der Waals surface area contributed by atoms with Crippen molar-refractivity contribution >= 4 is 35.5 Å². The monoisotopic (exact) mass is 898 g/mol. The SMILES string of the molecule is CC(=O)C1CCC(CNC(=O)CCCCCCCCCCCCCCCCCCC(=O)OC(C)(C)C)CC1.CN[C@@H](CCC(=O)NCCOCCOCC(=O)O)C(=O)OC(C)(C)C. The van der Waals surface area contributed by atoms with E-state index in [4.69, 9.17) is 24.1 Å². The molecule has 0 heterocycles. The van der Waals surface area contributed by atoms with E-state index in [0.29, 0.717) is 44.1 Å². The number of carbonyl (C=O) groups is 6. The van der Waals surface area contributed by atoms with Gasteiger partial charge < -0.3 is 40.0 Å². The summed E-state index contributed by atoms with van der Waals surface area (Å²) in [5.41, 5.74) is -0.933. The smallest absolute Gasteiger partial charge is 0.329 e. The molecule has 1 atom stereocenters. The van der Waals surface area contributed by atoms with Gasteiger partial charge in [-0.2, -0.15) is 0 Å². The van der Waals surface area contributed by atoms with Crippen molar-refractivity contribution < 1.29 is 52.8 Å². The molecule has 1 saturated carbocycles. The number of amides is 2.